The summed E-state index contributed by atoms with van der Waals surface area (Å²) in [7, 11) is 5.85. The van der Waals surface area contributed by atoms with Crippen molar-refractivity contribution in [3.05, 3.63) is 23.8 Å². The van der Waals surface area contributed by atoms with Crippen LogP contribution < -0.4 is 15.0 Å². The van der Waals surface area contributed by atoms with Crippen LogP contribution in [0.1, 0.15) is 18.9 Å². The van der Waals surface area contributed by atoms with Gasteiger partial charge < -0.3 is 15.0 Å². The maximum Gasteiger partial charge on any atom is 0.121 e. The predicted octanol–water partition coefficient (Wildman–Crippen LogP) is 2.44. The molecule has 0 aliphatic carbocycles. The van der Waals surface area contributed by atoms with E-state index in [4.69, 9.17) is 4.74 Å². The van der Waals surface area contributed by atoms with E-state index in [1.165, 1.54) is 11.3 Å². The van der Waals surface area contributed by atoms with Gasteiger partial charge in [-0.15, -0.1) is 0 Å². The Morgan fingerprint density at radius 3 is 2.59 bits per heavy atom. The summed E-state index contributed by atoms with van der Waals surface area (Å²) in [6.45, 7) is 5.29. The fourth-order valence-electron chi connectivity index (χ4n) is 1.96. The number of likely N-dealkylation sites (N-methyl/N-ethyl adjacent to an activating group) is 2. The molecule has 0 amide bonds. The molecule has 0 spiro atoms. The molecule has 0 saturated heterocycles. The molecule has 96 valence electrons. The quantitative estimate of drug-likeness (QED) is 0.821. The second kappa shape index (κ2) is 6.50. The van der Waals surface area contributed by atoms with E-state index in [9.17, 15) is 0 Å². The van der Waals surface area contributed by atoms with Gasteiger partial charge >= 0.3 is 0 Å². The molecule has 0 fully saturated rings. The molecule has 3 heteroatoms. The molecule has 0 saturated carbocycles. The number of ether oxygens (including phenoxy) is 1. The number of hydrogen-bond acceptors (Lipinski definition) is 3. The molecule has 3 nitrogen and oxygen atoms in total. The monoisotopic (exact) mass is 236 g/mol. The van der Waals surface area contributed by atoms with Crippen LogP contribution in [0.2, 0.25) is 0 Å². The van der Waals surface area contributed by atoms with Crippen molar-refractivity contribution in [2.24, 2.45) is 0 Å². The second-order valence-electron chi connectivity index (χ2n) is 4.43. The van der Waals surface area contributed by atoms with E-state index in [-0.39, 0.29) is 0 Å². The van der Waals surface area contributed by atoms with Crippen LogP contribution in [0.3, 0.4) is 0 Å². The summed E-state index contributed by atoms with van der Waals surface area (Å²) in [6, 6.07) is 6.83. The summed E-state index contributed by atoms with van der Waals surface area (Å²) in [5, 5.41) is 3.32. The molecule has 0 aliphatic rings. The van der Waals surface area contributed by atoms with E-state index in [1.54, 1.807) is 7.11 Å². The first kappa shape index (κ1) is 13.8. The lowest BCUT2D eigenvalue weighted by molar-refractivity contribution is 0.411. The van der Waals surface area contributed by atoms with Gasteiger partial charge in [0.1, 0.15) is 5.75 Å². The fourth-order valence-corrected chi connectivity index (χ4v) is 1.96. The summed E-state index contributed by atoms with van der Waals surface area (Å²) >= 11 is 0. The van der Waals surface area contributed by atoms with Gasteiger partial charge in [-0.2, -0.15) is 0 Å². The van der Waals surface area contributed by atoms with E-state index in [0.717, 1.165) is 18.7 Å². The summed E-state index contributed by atoms with van der Waals surface area (Å²) in [5.41, 5.74) is 2.41. The maximum atomic E-state index is 5.27. The van der Waals surface area contributed by atoms with E-state index in [0.29, 0.717) is 6.04 Å². The summed E-state index contributed by atoms with van der Waals surface area (Å²) in [4.78, 5) is 2.27. The van der Waals surface area contributed by atoms with Crippen molar-refractivity contribution >= 4 is 5.69 Å². The molecule has 0 aliphatic heterocycles. The van der Waals surface area contributed by atoms with E-state index < -0.39 is 0 Å². The molecule has 1 aromatic rings. The van der Waals surface area contributed by atoms with Gasteiger partial charge in [0.2, 0.25) is 0 Å². The smallest absolute Gasteiger partial charge is 0.121 e. The van der Waals surface area contributed by atoms with Gasteiger partial charge in [0, 0.05) is 25.3 Å². The Morgan fingerprint density at radius 2 is 2.12 bits per heavy atom. The van der Waals surface area contributed by atoms with Crippen LogP contribution in [0, 0.1) is 6.92 Å². The van der Waals surface area contributed by atoms with Gasteiger partial charge in [0.05, 0.1) is 7.11 Å². The number of aryl methyl sites for hydroxylation is 1. The minimum atomic E-state index is 0.530. The molecule has 0 radical (unpaired) electrons. The second-order valence-corrected chi connectivity index (χ2v) is 4.43. The number of anilines is 1. The molecule has 1 aromatic carbocycles. The highest BCUT2D eigenvalue weighted by Gasteiger charge is 2.09. The van der Waals surface area contributed by atoms with Crippen LogP contribution in [0.25, 0.3) is 0 Å². The van der Waals surface area contributed by atoms with Crippen LogP contribution in [-0.4, -0.2) is 33.8 Å². The molecule has 0 bridgehead atoms. The Morgan fingerprint density at radius 1 is 1.41 bits per heavy atom. The number of rotatable bonds is 6. The van der Waals surface area contributed by atoms with Crippen LogP contribution in [0.15, 0.2) is 18.2 Å². The Bertz CT molecular complexity index is 348. The van der Waals surface area contributed by atoms with Crippen molar-refractivity contribution in [3.63, 3.8) is 0 Å². The van der Waals surface area contributed by atoms with Gasteiger partial charge in [0.15, 0.2) is 0 Å². The summed E-state index contributed by atoms with van der Waals surface area (Å²) in [6.07, 6.45) is 1.13. The third-order valence-corrected chi connectivity index (χ3v) is 3.21. The standard InChI is InChI=1S/C14H24N2O/c1-6-12(15-3)10-16(4)13-7-8-14(17-5)11(2)9-13/h7-9,12,15H,6,10H2,1-5H3. The highest BCUT2D eigenvalue weighted by atomic mass is 16.5. The fraction of sp³-hybridized carbons (Fsp3) is 0.571. The molecular formula is C14H24N2O. The van der Waals surface area contributed by atoms with Gasteiger partial charge in [-0.05, 0) is 44.2 Å². The lowest BCUT2D eigenvalue weighted by Crippen LogP contribution is -2.37. The lowest BCUT2D eigenvalue weighted by Gasteiger charge is -2.25. The van der Waals surface area contributed by atoms with Crippen molar-refractivity contribution in [3.8, 4) is 5.75 Å². The summed E-state index contributed by atoms with van der Waals surface area (Å²) < 4.78 is 5.27. The highest BCUT2D eigenvalue weighted by molar-refractivity contribution is 5.52. The molecule has 1 atom stereocenters. The van der Waals surface area contributed by atoms with Gasteiger partial charge in [-0.1, -0.05) is 6.92 Å². The Labute approximate surface area is 105 Å². The van der Waals surface area contributed by atoms with E-state index in [2.05, 4.69) is 43.2 Å². The largest absolute Gasteiger partial charge is 0.496 e. The normalized spacial score (nSPS) is 12.3. The molecule has 1 N–H and O–H groups in total. The average Bonchev–Trinajstić information content (AvgIpc) is 2.35. The zero-order chi connectivity index (χ0) is 12.8. The first-order valence-electron chi connectivity index (χ1n) is 6.15. The van der Waals surface area contributed by atoms with Crippen LogP contribution >= 0.6 is 0 Å². The third kappa shape index (κ3) is 3.63. The van der Waals surface area contributed by atoms with Crippen molar-refractivity contribution < 1.29 is 4.74 Å². The SMILES string of the molecule is CCC(CN(C)c1ccc(OC)c(C)c1)NC. The number of benzene rings is 1. The molecule has 1 unspecified atom stereocenters. The number of nitrogens with one attached hydrogen (secondary N) is 1. The number of nitrogens with zero attached hydrogens (tertiary/aromatic N) is 1. The average molecular weight is 236 g/mol. The number of hydrogen-bond donors (Lipinski definition) is 1. The predicted molar refractivity (Wildman–Crippen MR) is 74.1 cm³/mol. The molecule has 0 aromatic heterocycles. The van der Waals surface area contributed by atoms with Crippen LogP contribution in [-0.2, 0) is 0 Å². The maximum absolute atomic E-state index is 5.27. The molecule has 0 heterocycles. The molecule has 17 heavy (non-hydrogen) atoms. The van der Waals surface area contributed by atoms with Crippen molar-refractivity contribution in [2.45, 2.75) is 26.3 Å². The minimum absolute atomic E-state index is 0.530. The molecule has 1 rings (SSSR count). The zero-order valence-corrected chi connectivity index (χ0v) is 11.6. The zero-order valence-electron chi connectivity index (χ0n) is 11.6. The first-order chi connectivity index (χ1) is 8.12. The summed E-state index contributed by atoms with van der Waals surface area (Å²) in [5.74, 6) is 0.947. The highest BCUT2D eigenvalue weighted by Crippen LogP contribution is 2.23. The van der Waals surface area contributed by atoms with Crippen molar-refractivity contribution in [2.75, 3.05) is 32.6 Å². The Hall–Kier alpha value is -1.22. The van der Waals surface area contributed by atoms with Gasteiger partial charge in [-0.25, -0.2) is 0 Å². The topological polar surface area (TPSA) is 24.5 Å². The molecular weight excluding hydrogens is 212 g/mol. The number of methoxy groups -OCH3 is 1. The van der Waals surface area contributed by atoms with Crippen molar-refractivity contribution in [1.82, 2.24) is 5.32 Å². The van der Waals surface area contributed by atoms with Gasteiger partial charge in [0.25, 0.3) is 0 Å². The lowest BCUT2D eigenvalue weighted by atomic mass is 10.1. The van der Waals surface area contributed by atoms with Crippen LogP contribution in [0.5, 0.6) is 5.75 Å². The minimum Gasteiger partial charge on any atom is -0.496 e. The first-order valence-corrected chi connectivity index (χ1v) is 6.15. The van der Waals surface area contributed by atoms with Crippen molar-refractivity contribution in [1.29, 1.82) is 0 Å². The third-order valence-electron chi connectivity index (χ3n) is 3.21. The Balaban J connectivity index is 2.75. The van der Waals surface area contributed by atoms with E-state index in [1.807, 2.05) is 13.1 Å². The van der Waals surface area contributed by atoms with Crippen LogP contribution in [0.4, 0.5) is 5.69 Å². The van der Waals surface area contributed by atoms with E-state index >= 15 is 0 Å². The Kier molecular flexibility index (Phi) is 5.29. The van der Waals surface area contributed by atoms with Gasteiger partial charge in [-0.3, -0.25) is 0 Å².